The van der Waals surface area contributed by atoms with Crippen molar-refractivity contribution in [2.45, 2.75) is 120 Å². The Morgan fingerprint density at radius 3 is 1.42 bits per heavy atom. The Morgan fingerprint density at radius 2 is 0.981 bits per heavy atom. The highest BCUT2D eigenvalue weighted by Crippen LogP contribution is 2.64. The molecule has 24 heteroatoms. The van der Waals surface area contributed by atoms with E-state index in [-0.39, 0.29) is 22.9 Å². The average molecular weight is 813 g/mol. The Morgan fingerprint density at radius 1 is 0.585 bits per heavy atom. The van der Waals surface area contributed by atoms with Crippen molar-refractivity contribution in [3.05, 3.63) is 29.8 Å². The second-order valence-electron chi connectivity index (χ2n) is 13.3. The maximum atomic E-state index is 14.4. The van der Waals surface area contributed by atoms with Gasteiger partial charge >= 0.3 is 59.8 Å². The molecule has 0 bridgehead atoms. The normalized spacial score (nSPS) is 14.6. The molecule has 0 aliphatic rings. The lowest BCUT2D eigenvalue weighted by Gasteiger charge is -2.42. The molecule has 0 saturated heterocycles. The summed E-state index contributed by atoms with van der Waals surface area (Å²) in [5.74, 6) is -57.2. The first-order valence-electron chi connectivity index (χ1n) is 14.6. The average Bonchev–Trinajstić information content (AvgIpc) is 2.94. The number of carbonyl (C=O) groups is 2. The van der Waals surface area contributed by atoms with Crippen molar-refractivity contribution in [2.24, 2.45) is 0 Å². The van der Waals surface area contributed by atoms with Gasteiger partial charge in [0.25, 0.3) is 0 Å². The number of halogens is 17. The summed E-state index contributed by atoms with van der Waals surface area (Å²) in [7, 11) is 1.24. The number of para-hydroxylation sites is 1. The molecule has 0 saturated carbocycles. The molecule has 0 unspecified atom stereocenters. The van der Waals surface area contributed by atoms with E-state index in [1.165, 1.54) is 66.8 Å². The highest BCUT2D eigenvalue weighted by Gasteiger charge is 2.95. The molecular weight excluding hydrogens is 779 g/mol. The molecule has 1 aromatic rings. The minimum Gasteiger partial charge on any atom is -0.444 e. The SMILES string of the molecule is CN(Cc1ccccc1N(OCCCC(F)(F)C(F)(F)C(F)(F)C(F)(F)C(F)(F)C(F)(F)C(F)(F)C(F)(F)F)C(=O)OC(C)(C)C)C(=O)OC(C)(C)C. The van der Waals surface area contributed by atoms with Gasteiger partial charge in [0.15, 0.2) is 0 Å². The summed E-state index contributed by atoms with van der Waals surface area (Å²) in [6.45, 7) is 6.78. The number of benzene rings is 1. The molecule has 0 heterocycles. The quantitative estimate of drug-likeness (QED) is 0.106. The van der Waals surface area contributed by atoms with Crippen molar-refractivity contribution < 1.29 is 98.5 Å². The summed E-state index contributed by atoms with van der Waals surface area (Å²) in [6, 6.07) is 5.04. The lowest BCUT2D eigenvalue weighted by atomic mass is 9.88. The van der Waals surface area contributed by atoms with E-state index in [4.69, 9.17) is 14.3 Å². The molecule has 1 aromatic carbocycles. The van der Waals surface area contributed by atoms with E-state index < -0.39 is 90.5 Å². The fourth-order valence-electron chi connectivity index (χ4n) is 3.83. The summed E-state index contributed by atoms with van der Waals surface area (Å²) >= 11 is 0. The van der Waals surface area contributed by atoms with Gasteiger partial charge in [-0.25, -0.2) is 9.59 Å². The van der Waals surface area contributed by atoms with E-state index in [1.807, 2.05) is 0 Å². The topological polar surface area (TPSA) is 68.3 Å². The summed E-state index contributed by atoms with van der Waals surface area (Å²) in [6.07, 6.45) is -14.6. The number of alkyl halides is 17. The Labute approximate surface area is 290 Å². The van der Waals surface area contributed by atoms with Crippen LogP contribution in [0.15, 0.2) is 24.3 Å². The number of hydrogen-bond donors (Lipinski definition) is 0. The minimum atomic E-state index is -8.73. The van der Waals surface area contributed by atoms with Crippen molar-refractivity contribution in [3.8, 4) is 0 Å². The van der Waals surface area contributed by atoms with E-state index in [1.54, 1.807) is 0 Å². The van der Waals surface area contributed by atoms with Gasteiger partial charge in [-0.1, -0.05) is 18.2 Å². The Balaban J connectivity index is 3.42. The molecule has 308 valence electrons. The van der Waals surface area contributed by atoms with Crippen molar-refractivity contribution in [2.75, 3.05) is 18.7 Å². The predicted octanol–water partition coefficient (Wildman–Crippen LogP) is 10.5. The van der Waals surface area contributed by atoms with Crippen LogP contribution in [0.2, 0.25) is 0 Å². The molecule has 0 aromatic heterocycles. The molecule has 1 rings (SSSR count). The van der Waals surface area contributed by atoms with E-state index in [9.17, 15) is 84.2 Å². The van der Waals surface area contributed by atoms with Crippen LogP contribution in [0.3, 0.4) is 0 Å². The highest BCUT2D eigenvalue weighted by atomic mass is 19.4. The zero-order valence-corrected chi connectivity index (χ0v) is 28.5. The Hall–Kier alpha value is -3.47. The summed E-state index contributed by atoms with van der Waals surface area (Å²) < 4.78 is 241. The van der Waals surface area contributed by atoms with Crippen LogP contribution in [0, 0.1) is 0 Å². The van der Waals surface area contributed by atoms with Crippen LogP contribution in [0.4, 0.5) is 89.9 Å². The van der Waals surface area contributed by atoms with Crippen LogP contribution < -0.4 is 5.06 Å². The van der Waals surface area contributed by atoms with Crippen LogP contribution in [0.5, 0.6) is 0 Å². The van der Waals surface area contributed by atoms with E-state index >= 15 is 0 Å². The zero-order valence-electron chi connectivity index (χ0n) is 28.5. The first-order valence-corrected chi connectivity index (χ1v) is 14.6. The van der Waals surface area contributed by atoms with E-state index in [0.717, 1.165) is 11.0 Å². The van der Waals surface area contributed by atoms with Gasteiger partial charge in [-0.3, -0.25) is 4.84 Å². The third-order valence-corrected chi connectivity index (χ3v) is 6.52. The Bertz CT molecular complexity index is 1440. The van der Waals surface area contributed by atoms with Gasteiger partial charge in [0.1, 0.15) is 11.2 Å². The van der Waals surface area contributed by atoms with Crippen LogP contribution in [0.25, 0.3) is 0 Å². The molecule has 0 aliphatic heterocycles. The van der Waals surface area contributed by atoms with Gasteiger partial charge in [-0.05, 0) is 59.6 Å². The second kappa shape index (κ2) is 15.0. The molecular formula is C29H33F17N2O5. The number of ether oxygens (including phenoxy) is 2. The first kappa shape index (κ1) is 47.6. The lowest BCUT2D eigenvalue weighted by Crippen LogP contribution is -2.74. The van der Waals surface area contributed by atoms with Gasteiger partial charge in [0, 0.05) is 13.5 Å². The van der Waals surface area contributed by atoms with Crippen molar-refractivity contribution in [1.29, 1.82) is 0 Å². The number of anilines is 1. The van der Waals surface area contributed by atoms with Crippen molar-refractivity contribution in [1.82, 2.24) is 4.90 Å². The monoisotopic (exact) mass is 812 g/mol. The second-order valence-corrected chi connectivity index (χ2v) is 13.3. The van der Waals surface area contributed by atoms with Gasteiger partial charge in [0.05, 0.1) is 18.8 Å². The summed E-state index contributed by atoms with van der Waals surface area (Å²) in [5, 5.41) is 0.214. The van der Waals surface area contributed by atoms with Crippen LogP contribution >= 0.6 is 0 Å². The smallest absolute Gasteiger partial charge is 0.444 e. The van der Waals surface area contributed by atoms with E-state index in [0.29, 0.717) is 0 Å². The number of hydroxylamine groups is 1. The molecule has 0 atom stereocenters. The predicted molar refractivity (Wildman–Crippen MR) is 149 cm³/mol. The van der Waals surface area contributed by atoms with Gasteiger partial charge < -0.3 is 14.4 Å². The molecule has 0 spiro atoms. The third kappa shape index (κ3) is 9.62. The Kier molecular flexibility index (Phi) is 13.4. The lowest BCUT2D eigenvalue weighted by molar-refractivity contribution is -0.461. The largest absolute Gasteiger partial charge is 0.460 e. The third-order valence-electron chi connectivity index (χ3n) is 6.52. The molecule has 0 N–H and O–H groups in total. The molecule has 0 fully saturated rings. The first-order chi connectivity index (χ1) is 23.2. The van der Waals surface area contributed by atoms with Crippen LogP contribution in [-0.4, -0.2) is 89.6 Å². The summed E-state index contributed by atoms with van der Waals surface area (Å²) in [4.78, 5) is 31.4. The van der Waals surface area contributed by atoms with Gasteiger partial charge in [-0.2, -0.15) is 79.7 Å². The number of nitrogens with zero attached hydrogens (tertiary/aromatic N) is 2. The zero-order chi connectivity index (χ0) is 42.2. The molecule has 2 amide bonds. The minimum absolute atomic E-state index is 0.0271. The van der Waals surface area contributed by atoms with Crippen molar-refractivity contribution in [3.63, 3.8) is 0 Å². The summed E-state index contributed by atoms with van der Waals surface area (Å²) in [5.41, 5.74) is -2.59. The highest BCUT2D eigenvalue weighted by molar-refractivity contribution is 5.86. The standard InChI is InChI=1S/C29H33F17N2O5/c1-20(2,3)52-18(49)47(7)15-16-11-8-9-12-17(16)48(19(50)53-21(4,5)6)51-14-10-13-22(30,31)23(32,33)24(34,35)25(36,37)26(38,39)27(40,41)28(42,43)29(44,45)46/h8-9,11-12H,10,13-15H2,1-7H3. The van der Waals surface area contributed by atoms with E-state index in [2.05, 4.69) is 0 Å². The number of rotatable bonds is 14. The van der Waals surface area contributed by atoms with Crippen molar-refractivity contribution >= 4 is 17.9 Å². The maximum absolute atomic E-state index is 14.4. The molecule has 7 nitrogen and oxygen atoms in total. The maximum Gasteiger partial charge on any atom is 0.460 e. The number of carbonyl (C=O) groups excluding carboxylic acids is 2. The number of hydrogen-bond acceptors (Lipinski definition) is 5. The fourth-order valence-corrected chi connectivity index (χ4v) is 3.83. The molecule has 0 radical (unpaired) electrons. The van der Waals surface area contributed by atoms with Crippen LogP contribution in [0.1, 0.15) is 59.9 Å². The number of amides is 2. The van der Waals surface area contributed by atoms with Crippen LogP contribution in [-0.2, 0) is 20.9 Å². The van der Waals surface area contributed by atoms with Gasteiger partial charge in [-0.15, -0.1) is 0 Å². The molecule has 0 aliphatic carbocycles. The molecule has 53 heavy (non-hydrogen) atoms. The fraction of sp³-hybridized carbons (Fsp3) is 0.724. The van der Waals surface area contributed by atoms with Gasteiger partial charge in [0.2, 0.25) is 0 Å².